The van der Waals surface area contributed by atoms with E-state index in [2.05, 4.69) is 20.2 Å². The van der Waals surface area contributed by atoms with Gasteiger partial charge in [-0.05, 0) is 70.0 Å². The highest BCUT2D eigenvalue weighted by Gasteiger charge is 2.47. The van der Waals surface area contributed by atoms with Gasteiger partial charge in [-0.15, -0.1) is 0 Å². The molecule has 0 bridgehead atoms. The second kappa shape index (κ2) is 10.5. The van der Waals surface area contributed by atoms with Gasteiger partial charge in [-0.25, -0.2) is 13.8 Å². The Bertz CT molecular complexity index is 1000. The molecule has 5 rings (SSSR count). The molecule has 1 aliphatic heterocycles. The van der Waals surface area contributed by atoms with Crippen LogP contribution in [-0.2, 0) is 12.8 Å². The van der Waals surface area contributed by atoms with Gasteiger partial charge in [0, 0.05) is 55.2 Å². The van der Waals surface area contributed by atoms with E-state index in [1.54, 1.807) is 6.20 Å². The molecule has 0 saturated heterocycles. The fourth-order valence-corrected chi connectivity index (χ4v) is 6.45. The predicted octanol–water partition coefficient (Wildman–Crippen LogP) is 4.80. The number of aromatic nitrogens is 2. The first-order chi connectivity index (χ1) is 16.8. The molecule has 2 aromatic rings. The quantitative estimate of drug-likeness (QED) is 0.587. The van der Waals surface area contributed by atoms with Crippen molar-refractivity contribution in [3.8, 4) is 5.19 Å². The third-order valence-electron chi connectivity index (χ3n) is 7.69. The second-order valence-electron chi connectivity index (χ2n) is 10.3. The van der Waals surface area contributed by atoms with Gasteiger partial charge in [-0.1, -0.05) is 11.3 Å². The van der Waals surface area contributed by atoms with Crippen molar-refractivity contribution in [3.05, 3.63) is 40.2 Å². The van der Waals surface area contributed by atoms with Gasteiger partial charge in [0.15, 0.2) is 0 Å². The van der Waals surface area contributed by atoms with Crippen LogP contribution >= 0.6 is 11.3 Å². The fraction of sp³-hybridized carbons (Fsp3) is 0.654. The Morgan fingerprint density at radius 2 is 2.00 bits per heavy atom. The first-order valence-corrected chi connectivity index (χ1v) is 13.6. The highest BCUT2D eigenvalue weighted by molar-refractivity contribution is 7.13. The summed E-state index contributed by atoms with van der Waals surface area (Å²) >= 11 is 1.54. The van der Waals surface area contributed by atoms with Crippen molar-refractivity contribution in [2.24, 2.45) is 5.92 Å². The molecule has 9 heteroatoms. The molecule has 2 fully saturated rings. The van der Waals surface area contributed by atoms with Crippen LogP contribution in [0.1, 0.15) is 71.6 Å². The van der Waals surface area contributed by atoms with Crippen LogP contribution in [0.5, 0.6) is 5.19 Å². The van der Waals surface area contributed by atoms with Crippen LogP contribution in [0.4, 0.5) is 8.78 Å². The molecule has 2 aromatic heterocycles. The number of aryl methyl sites for hydroxylation is 1. The summed E-state index contributed by atoms with van der Waals surface area (Å²) in [6.07, 6.45) is 8.34. The van der Waals surface area contributed by atoms with E-state index in [-0.39, 0.29) is 30.9 Å². The summed E-state index contributed by atoms with van der Waals surface area (Å²) in [5.41, 5.74) is 2.52. The van der Waals surface area contributed by atoms with E-state index in [0.29, 0.717) is 16.7 Å². The molecule has 0 aromatic carbocycles. The maximum atomic E-state index is 13.0. The number of hydrogen-bond acceptors (Lipinski definition) is 6. The van der Waals surface area contributed by atoms with Crippen molar-refractivity contribution in [2.75, 3.05) is 19.6 Å². The van der Waals surface area contributed by atoms with E-state index in [1.807, 2.05) is 19.1 Å². The molecule has 35 heavy (non-hydrogen) atoms. The zero-order chi connectivity index (χ0) is 24.4. The van der Waals surface area contributed by atoms with Crippen molar-refractivity contribution < 1.29 is 18.3 Å². The number of carbonyl (C=O) groups is 1. The minimum absolute atomic E-state index is 0.0103. The number of halogens is 2. The van der Waals surface area contributed by atoms with Crippen LogP contribution in [0.15, 0.2) is 18.3 Å². The number of rotatable bonds is 7. The lowest BCUT2D eigenvalue weighted by Crippen LogP contribution is -2.43. The predicted molar refractivity (Wildman–Crippen MR) is 131 cm³/mol. The molecule has 190 valence electrons. The Morgan fingerprint density at radius 1 is 1.23 bits per heavy atom. The Hall–Kier alpha value is -2.13. The molecule has 2 aliphatic carbocycles. The highest BCUT2D eigenvalue weighted by atomic mass is 32.1. The van der Waals surface area contributed by atoms with E-state index in [0.717, 1.165) is 69.5 Å². The zero-order valence-electron chi connectivity index (χ0n) is 20.3. The van der Waals surface area contributed by atoms with Gasteiger partial charge in [0.1, 0.15) is 6.10 Å². The first-order valence-electron chi connectivity index (χ1n) is 12.8. The number of pyridine rings is 1. The summed E-state index contributed by atoms with van der Waals surface area (Å²) in [5, 5.41) is 3.76. The Kier molecular flexibility index (Phi) is 7.34. The van der Waals surface area contributed by atoms with Gasteiger partial charge >= 0.3 is 0 Å². The molecule has 0 atom stereocenters. The number of ether oxygens (including phenoxy) is 1. The topological polar surface area (TPSA) is 67.4 Å². The van der Waals surface area contributed by atoms with Gasteiger partial charge in [0.05, 0.1) is 11.3 Å². The lowest BCUT2D eigenvalue weighted by Gasteiger charge is -2.33. The molecule has 0 unspecified atom stereocenters. The summed E-state index contributed by atoms with van der Waals surface area (Å²) in [6.45, 7) is 4.95. The first kappa shape index (κ1) is 24.6. The van der Waals surface area contributed by atoms with E-state index in [1.165, 1.54) is 22.6 Å². The monoisotopic (exact) mass is 504 g/mol. The molecular formula is C26H34F2N4O2S. The Morgan fingerprint density at radius 3 is 2.74 bits per heavy atom. The Balaban J connectivity index is 1.01. The van der Waals surface area contributed by atoms with Gasteiger partial charge in [-0.3, -0.25) is 9.78 Å². The number of thiazole rings is 1. The number of hydrogen-bond donors (Lipinski definition) is 1. The van der Waals surface area contributed by atoms with Crippen LogP contribution in [0.25, 0.3) is 0 Å². The highest BCUT2D eigenvalue weighted by Crippen LogP contribution is 2.41. The van der Waals surface area contributed by atoms with Crippen LogP contribution in [0.3, 0.4) is 0 Å². The number of carbonyl (C=O) groups excluding carboxylic acids is 1. The van der Waals surface area contributed by atoms with E-state index in [4.69, 9.17) is 4.74 Å². The van der Waals surface area contributed by atoms with E-state index in [9.17, 15) is 13.6 Å². The number of nitrogens with zero attached hydrogens (tertiary/aromatic N) is 3. The third kappa shape index (κ3) is 6.17. The van der Waals surface area contributed by atoms with Gasteiger partial charge in [-0.2, -0.15) is 0 Å². The summed E-state index contributed by atoms with van der Waals surface area (Å²) in [5.74, 6) is -1.87. The van der Waals surface area contributed by atoms with Crippen molar-refractivity contribution >= 4 is 17.2 Å². The molecule has 3 aliphatic rings. The largest absolute Gasteiger partial charge is 0.466 e. The summed E-state index contributed by atoms with van der Waals surface area (Å²) in [7, 11) is 0. The molecule has 0 radical (unpaired) electrons. The Labute approximate surface area is 209 Å². The van der Waals surface area contributed by atoms with Crippen LogP contribution in [-0.4, -0.2) is 58.5 Å². The van der Waals surface area contributed by atoms with Gasteiger partial charge in [0.25, 0.3) is 17.0 Å². The maximum absolute atomic E-state index is 13.0. The van der Waals surface area contributed by atoms with Crippen LogP contribution in [0.2, 0.25) is 0 Å². The van der Waals surface area contributed by atoms with Gasteiger partial charge < -0.3 is 15.0 Å². The molecule has 1 amide bonds. The van der Waals surface area contributed by atoms with E-state index < -0.39 is 5.92 Å². The standard InChI is InChI=1S/C26H34F2N4O2S/c1-17-21(3-2-11-29-17)24(33)30-19-6-4-18(5-7-19)8-12-32-13-9-22-23(10-14-32)35-25(31-22)34-20-15-26(27,28)16-20/h2-3,11,18-20H,4-10,12-16H2,1H3,(H,30,33). The maximum Gasteiger partial charge on any atom is 0.273 e. The summed E-state index contributed by atoms with van der Waals surface area (Å²) < 4.78 is 31.8. The minimum Gasteiger partial charge on any atom is -0.466 e. The second-order valence-corrected chi connectivity index (χ2v) is 11.4. The van der Waals surface area contributed by atoms with Gasteiger partial charge in [0.2, 0.25) is 0 Å². The SMILES string of the molecule is Cc1ncccc1C(=O)NC1CCC(CCN2CCc3nc(OC4CC(F)(F)C4)sc3CC2)CC1. The summed E-state index contributed by atoms with van der Waals surface area (Å²) in [4.78, 5) is 25.2. The minimum atomic E-state index is -2.56. The number of fused-ring (bicyclic) bond motifs is 1. The molecular weight excluding hydrogens is 470 g/mol. The lowest BCUT2D eigenvalue weighted by atomic mass is 9.84. The lowest BCUT2D eigenvalue weighted by molar-refractivity contribution is -0.134. The van der Waals surface area contributed by atoms with Crippen molar-refractivity contribution in [1.82, 2.24) is 20.2 Å². The van der Waals surface area contributed by atoms with Crippen molar-refractivity contribution in [2.45, 2.75) is 82.8 Å². The number of amides is 1. The van der Waals surface area contributed by atoms with Crippen LogP contribution in [0, 0.1) is 12.8 Å². The smallest absolute Gasteiger partial charge is 0.273 e. The molecule has 3 heterocycles. The van der Waals surface area contributed by atoms with Crippen molar-refractivity contribution in [3.63, 3.8) is 0 Å². The molecule has 0 spiro atoms. The van der Waals surface area contributed by atoms with Crippen LogP contribution < -0.4 is 10.1 Å². The van der Waals surface area contributed by atoms with Crippen molar-refractivity contribution in [1.29, 1.82) is 0 Å². The van der Waals surface area contributed by atoms with E-state index >= 15 is 0 Å². The number of alkyl halides is 2. The molecule has 2 saturated carbocycles. The average Bonchev–Trinajstić information content (AvgIpc) is 3.10. The zero-order valence-corrected chi connectivity index (χ0v) is 21.1. The normalized spacial score (nSPS) is 24.8. The molecule has 1 N–H and O–H groups in total. The number of nitrogens with one attached hydrogen (secondary N) is 1. The third-order valence-corrected chi connectivity index (χ3v) is 8.73. The summed E-state index contributed by atoms with van der Waals surface area (Å²) in [6, 6.07) is 3.89. The average molecular weight is 505 g/mol. The fourth-order valence-electron chi connectivity index (χ4n) is 5.44. The molecule has 6 nitrogen and oxygen atoms in total.